The molecule has 0 unspecified atom stereocenters. The summed E-state index contributed by atoms with van der Waals surface area (Å²) in [5, 5.41) is 8.75. The molecule has 2 nitrogen and oxygen atoms in total. The molecule has 1 N–H and O–H groups in total. The molecule has 18 heavy (non-hydrogen) atoms. The molecule has 0 radical (unpaired) electrons. The van der Waals surface area contributed by atoms with Gasteiger partial charge in [-0.05, 0) is 23.3 Å². The first-order chi connectivity index (χ1) is 8.69. The molecule has 2 aromatic rings. The normalized spacial score (nSPS) is 9.22. The molecule has 2 aromatic carbocycles. The monoisotopic (exact) mass is 262 g/mol. The molecule has 0 aliphatic heterocycles. The van der Waals surface area contributed by atoms with Crippen LogP contribution in [0.4, 0.5) is 0 Å². The van der Waals surface area contributed by atoms with Crippen LogP contribution in [-0.2, 0) is 0 Å². The highest BCUT2D eigenvalue weighted by molar-refractivity contribution is 6.17. The van der Waals surface area contributed by atoms with Crippen molar-refractivity contribution in [1.29, 1.82) is 0 Å². The summed E-state index contributed by atoms with van der Waals surface area (Å²) in [6, 6.07) is 16.7. The molecule has 94 valence electrons. The Kier molecular flexibility index (Phi) is 5.95. The highest BCUT2D eigenvalue weighted by Gasteiger charge is 2.02. The molecule has 0 aliphatic carbocycles. The van der Waals surface area contributed by atoms with Gasteiger partial charge in [-0.3, -0.25) is 0 Å². The van der Waals surface area contributed by atoms with E-state index in [1.807, 2.05) is 49.4 Å². The third-order valence-corrected chi connectivity index (χ3v) is 2.24. The topological polar surface area (TPSA) is 37.3 Å². The molecule has 0 aliphatic rings. The number of hydrogen-bond donors (Lipinski definition) is 1. The zero-order valence-corrected chi connectivity index (χ0v) is 10.9. The van der Waals surface area contributed by atoms with Gasteiger partial charge in [-0.15, -0.1) is 11.6 Å². The predicted octanol–water partition coefficient (Wildman–Crippen LogP) is 4.30. The summed E-state index contributed by atoms with van der Waals surface area (Å²) in [4.78, 5) is 10.6. The number of benzene rings is 2. The summed E-state index contributed by atoms with van der Waals surface area (Å²) < 4.78 is 0. The number of carboxylic acid groups (broad SMARTS) is 1. The Morgan fingerprint density at radius 1 is 1.00 bits per heavy atom. The second-order valence-electron chi connectivity index (χ2n) is 3.52. The van der Waals surface area contributed by atoms with Crippen molar-refractivity contribution in [2.75, 3.05) is 5.88 Å². The summed E-state index contributed by atoms with van der Waals surface area (Å²) in [6.07, 6.45) is 0. The van der Waals surface area contributed by atoms with Crippen LogP contribution < -0.4 is 0 Å². The fourth-order valence-corrected chi connectivity index (χ4v) is 1.44. The van der Waals surface area contributed by atoms with Crippen LogP contribution in [0.5, 0.6) is 0 Å². The molecular formula is C15H15ClO2. The minimum atomic E-state index is -0.894. The third kappa shape index (κ3) is 4.22. The molecule has 0 bridgehead atoms. The van der Waals surface area contributed by atoms with Gasteiger partial charge in [-0.25, -0.2) is 4.79 Å². The zero-order valence-electron chi connectivity index (χ0n) is 10.1. The van der Waals surface area contributed by atoms with Gasteiger partial charge >= 0.3 is 5.97 Å². The Hall–Kier alpha value is -1.80. The van der Waals surface area contributed by atoms with Crippen LogP contribution in [0.15, 0.2) is 54.6 Å². The Morgan fingerprint density at radius 3 is 1.89 bits per heavy atom. The lowest BCUT2D eigenvalue weighted by molar-refractivity contribution is 0.0697. The molecule has 0 fully saturated rings. The van der Waals surface area contributed by atoms with Gasteiger partial charge in [0.1, 0.15) is 0 Å². The van der Waals surface area contributed by atoms with Crippen molar-refractivity contribution in [3.05, 3.63) is 60.2 Å². The van der Waals surface area contributed by atoms with Crippen molar-refractivity contribution in [3.63, 3.8) is 0 Å². The Bertz CT molecular complexity index is 478. The van der Waals surface area contributed by atoms with Crippen LogP contribution in [0.1, 0.15) is 17.3 Å². The minimum absolute atomic E-state index is 0.315. The van der Waals surface area contributed by atoms with E-state index in [9.17, 15) is 4.79 Å². The van der Waals surface area contributed by atoms with E-state index in [-0.39, 0.29) is 0 Å². The number of carbonyl (C=O) groups is 1. The Morgan fingerprint density at radius 2 is 1.44 bits per heavy atom. The standard InChI is InChI=1S/C13H10O2.C2H5Cl/c14-13(15)12-8-6-11(7-9-12)10-4-2-1-3-5-10;1-2-3/h1-9H,(H,14,15);2H2,1H3. The fraction of sp³-hybridized carbons (Fsp3) is 0.133. The van der Waals surface area contributed by atoms with Gasteiger partial charge < -0.3 is 5.11 Å². The smallest absolute Gasteiger partial charge is 0.335 e. The molecule has 0 aromatic heterocycles. The second kappa shape index (κ2) is 7.51. The Balaban J connectivity index is 0.000000492. The number of halogens is 1. The first-order valence-corrected chi connectivity index (χ1v) is 6.17. The quantitative estimate of drug-likeness (QED) is 0.820. The van der Waals surface area contributed by atoms with Crippen molar-refractivity contribution in [2.24, 2.45) is 0 Å². The molecule has 0 saturated carbocycles. The van der Waals surface area contributed by atoms with Crippen LogP contribution in [-0.4, -0.2) is 17.0 Å². The maximum absolute atomic E-state index is 10.6. The van der Waals surface area contributed by atoms with Gasteiger partial charge in [-0.2, -0.15) is 0 Å². The largest absolute Gasteiger partial charge is 0.478 e. The van der Waals surface area contributed by atoms with Gasteiger partial charge in [0.2, 0.25) is 0 Å². The van der Waals surface area contributed by atoms with Gasteiger partial charge in [-0.1, -0.05) is 49.4 Å². The Labute approximate surface area is 112 Å². The minimum Gasteiger partial charge on any atom is -0.478 e. The lowest BCUT2D eigenvalue weighted by Crippen LogP contribution is -1.94. The van der Waals surface area contributed by atoms with E-state index in [0.717, 1.165) is 17.0 Å². The van der Waals surface area contributed by atoms with E-state index in [1.165, 1.54) is 0 Å². The van der Waals surface area contributed by atoms with Crippen LogP contribution in [0, 0.1) is 0 Å². The van der Waals surface area contributed by atoms with E-state index in [4.69, 9.17) is 16.7 Å². The molecule has 0 heterocycles. The van der Waals surface area contributed by atoms with E-state index >= 15 is 0 Å². The molecule has 0 amide bonds. The molecule has 0 spiro atoms. The van der Waals surface area contributed by atoms with Crippen molar-refractivity contribution in [1.82, 2.24) is 0 Å². The second-order valence-corrected chi connectivity index (χ2v) is 4.05. The maximum Gasteiger partial charge on any atom is 0.335 e. The van der Waals surface area contributed by atoms with Gasteiger partial charge in [0.15, 0.2) is 0 Å². The van der Waals surface area contributed by atoms with E-state index in [0.29, 0.717) is 5.56 Å². The third-order valence-electron chi connectivity index (χ3n) is 2.24. The van der Waals surface area contributed by atoms with Crippen molar-refractivity contribution >= 4 is 17.6 Å². The number of aromatic carboxylic acids is 1. The predicted molar refractivity (Wildman–Crippen MR) is 75.2 cm³/mol. The fourth-order valence-electron chi connectivity index (χ4n) is 1.44. The van der Waals surface area contributed by atoms with E-state index < -0.39 is 5.97 Å². The summed E-state index contributed by atoms with van der Waals surface area (Å²) >= 11 is 5.00. The first kappa shape index (κ1) is 14.3. The van der Waals surface area contributed by atoms with E-state index in [1.54, 1.807) is 12.1 Å². The van der Waals surface area contributed by atoms with Crippen LogP contribution in [0.3, 0.4) is 0 Å². The van der Waals surface area contributed by atoms with Gasteiger partial charge in [0, 0.05) is 5.88 Å². The molecule has 3 heteroatoms. The maximum atomic E-state index is 10.6. The number of rotatable bonds is 2. The summed E-state index contributed by atoms with van der Waals surface area (Å²) in [7, 11) is 0. The molecule has 2 rings (SSSR count). The summed E-state index contributed by atoms with van der Waals surface area (Å²) in [5.41, 5.74) is 2.43. The summed E-state index contributed by atoms with van der Waals surface area (Å²) in [6.45, 7) is 1.89. The highest BCUT2D eigenvalue weighted by atomic mass is 35.5. The van der Waals surface area contributed by atoms with Gasteiger partial charge in [0.25, 0.3) is 0 Å². The van der Waals surface area contributed by atoms with E-state index in [2.05, 4.69) is 0 Å². The molecule has 0 atom stereocenters. The zero-order chi connectivity index (χ0) is 13.4. The number of alkyl halides is 1. The SMILES string of the molecule is CCCl.O=C(O)c1ccc(-c2ccccc2)cc1. The van der Waals surface area contributed by atoms with Crippen LogP contribution >= 0.6 is 11.6 Å². The molecular weight excluding hydrogens is 248 g/mol. The van der Waals surface area contributed by atoms with Crippen LogP contribution in [0.25, 0.3) is 11.1 Å². The van der Waals surface area contributed by atoms with Crippen LogP contribution in [0.2, 0.25) is 0 Å². The lowest BCUT2D eigenvalue weighted by atomic mass is 10.0. The van der Waals surface area contributed by atoms with Crippen molar-refractivity contribution < 1.29 is 9.90 Å². The first-order valence-electron chi connectivity index (χ1n) is 5.63. The number of hydrogen-bond acceptors (Lipinski definition) is 1. The average Bonchev–Trinajstić information content (AvgIpc) is 2.41. The molecule has 0 saturated heterocycles. The number of carboxylic acids is 1. The summed E-state index contributed by atoms with van der Waals surface area (Å²) in [5.74, 6) is -0.172. The average molecular weight is 263 g/mol. The highest BCUT2D eigenvalue weighted by Crippen LogP contribution is 2.18. The van der Waals surface area contributed by atoms with Crippen molar-refractivity contribution in [3.8, 4) is 11.1 Å². The van der Waals surface area contributed by atoms with Gasteiger partial charge in [0.05, 0.1) is 5.56 Å². The lowest BCUT2D eigenvalue weighted by Gasteiger charge is -2.01. The van der Waals surface area contributed by atoms with Crippen molar-refractivity contribution in [2.45, 2.75) is 6.92 Å².